The van der Waals surface area contributed by atoms with Gasteiger partial charge in [-0.05, 0) is 0 Å². The molecule has 1 fully saturated rings. The van der Waals surface area contributed by atoms with Crippen LogP contribution in [-0.2, 0) is 19.3 Å². The molecule has 0 aromatic carbocycles. The number of nitrogens with one attached hydrogen (secondary N) is 2. The fourth-order valence-electron chi connectivity index (χ4n) is 1.76. The van der Waals surface area contributed by atoms with E-state index in [9.17, 15) is 9.59 Å². The van der Waals surface area contributed by atoms with E-state index in [1.54, 1.807) is 0 Å². The lowest BCUT2D eigenvalue weighted by Crippen LogP contribution is -2.74. The minimum Gasteiger partial charge on any atom is -0.357 e. The Morgan fingerprint density at radius 3 is 1.75 bits per heavy atom. The van der Waals surface area contributed by atoms with Crippen LogP contribution in [0.3, 0.4) is 0 Å². The van der Waals surface area contributed by atoms with E-state index >= 15 is 0 Å². The molecule has 3 rings (SSSR count). The monoisotopic (exact) mass is 224 g/mol. The molecule has 0 saturated carbocycles. The van der Waals surface area contributed by atoms with E-state index in [1.165, 1.54) is 12.4 Å². The van der Waals surface area contributed by atoms with Gasteiger partial charge in [0, 0.05) is 0 Å². The van der Waals surface area contributed by atoms with Crippen LogP contribution in [0.2, 0.25) is 0 Å². The molecule has 0 bridgehead atoms. The Balaban J connectivity index is 1.88. The Morgan fingerprint density at radius 2 is 1.44 bits per heavy atom. The molecule has 3 aliphatic rings. The molecule has 0 aliphatic carbocycles. The van der Waals surface area contributed by atoms with Crippen molar-refractivity contribution in [1.82, 2.24) is 10.6 Å². The molecule has 8 nitrogen and oxygen atoms in total. The highest BCUT2D eigenvalue weighted by Gasteiger charge is 2.59. The topological polar surface area (TPSA) is 101 Å². The van der Waals surface area contributed by atoms with Crippen molar-refractivity contribution < 1.29 is 19.3 Å². The lowest BCUT2D eigenvalue weighted by molar-refractivity contribution is -0.184. The number of carbonyl (C=O) groups excluding carboxylic acids is 2. The van der Waals surface area contributed by atoms with Gasteiger partial charge >= 0.3 is 0 Å². The number of nitrogens with zero attached hydrogens (tertiary/aromatic N) is 2. The Hall–Kier alpha value is -2.12. The molecule has 2 atom stereocenters. The van der Waals surface area contributed by atoms with Crippen LogP contribution >= 0.6 is 0 Å². The lowest BCUT2D eigenvalue weighted by atomic mass is 10.0. The minimum atomic E-state index is -1.42. The average molecular weight is 224 g/mol. The highest BCUT2D eigenvalue weighted by Crippen LogP contribution is 2.28. The van der Waals surface area contributed by atoms with Crippen molar-refractivity contribution in [2.75, 3.05) is 0 Å². The van der Waals surface area contributed by atoms with Crippen molar-refractivity contribution in [3.8, 4) is 0 Å². The standard InChI is InChI=1S/C8H8N4O4/c13-5-7(1-3-9-15-7)11-6(14)8(12-5)2-4-10-16-8/h3-4H,1-2H2,(H,11,14)(H,12,13)/t7-,8-/m1/s1. The largest absolute Gasteiger partial charge is 0.357 e. The summed E-state index contributed by atoms with van der Waals surface area (Å²) in [5.41, 5.74) is -2.84. The number of rotatable bonds is 0. The van der Waals surface area contributed by atoms with Gasteiger partial charge in [-0.3, -0.25) is 9.59 Å². The van der Waals surface area contributed by atoms with Crippen LogP contribution < -0.4 is 10.6 Å². The summed E-state index contributed by atoms with van der Waals surface area (Å²) >= 11 is 0. The van der Waals surface area contributed by atoms with Crippen LogP contribution in [0.25, 0.3) is 0 Å². The van der Waals surface area contributed by atoms with E-state index in [0.29, 0.717) is 0 Å². The van der Waals surface area contributed by atoms with Crippen molar-refractivity contribution >= 4 is 24.2 Å². The molecule has 0 aromatic rings. The molecular formula is C8H8N4O4. The number of hydrogen-bond acceptors (Lipinski definition) is 6. The van der Waals surface area contributed by atoms with Gasteiger partial charge in [0.2, 0.25) is 0 Å². The van der Waals surface area contributed by atoms with Gasteiger partial charge in [-0.25, -0.2) is 0 Å². The third kappa shape index (κ3) is 0.980. The van der Waals surface area contributed by atoms with Crippen LogP contribution in [0, 0.1) is 0 Å². The maximum atomic E-state index is 11.9. The first-order valence-corrected chi connectivity index (χ1v) is 4.72. The maximum Gasteiger partial charge on any atom is 0.293 e. The summed E-state index contributed by atoms with van der Waals surface area (Å²) in [4.78, 5) is 33.5. The molecule has 2 N–H and O–H groups in total. The van der Waals surface area contributed by atoms with E-state index < -0.39 is 23.3 Å². The molecule has 0 aromatic heterocycles. The van der Waals surface area contributed by atoms with Crippen LogP contribution in [0.1, 0.15) is 12.8 Å². The molecular weight excluding hydrogens is 216 g/mol. The minimum absolute atomic E-state index is 0.196. The highest BCUT2D eigenvalue weighted by atomic mass is 16.7. The molecule has 2 spiro atoms. The van der Waals surface area contributed by atoms with Crippen LogP contribution in [0.15, 0.2) is 10.3 Å². The van der Waals surface area contributed by atoms with Crippen LogP contribution in [0.5, 0.6) is 0 Å². The molecule has 1 saturated heterocycles. The van der Waals surface area contributed by atoms with Gasteiger partial charge in [0.1, 0.15) is 0 Å². The zero-order valence-corrected chi connectivity index (χ0v) is 8.10. The smallest absolute Gasteiger partial charge is 0.293 e. The summed E-state index contributed by atoms with van der Waals surface area (Å²) < 4.78 is 0. The predicted molar refractivity (Wildman–Crippen MR) is 50.1 cm³/mol. The third-order valence-electron chi connectivity index (χ3n) is 2.69. The first-order valence-electron chi connectivity index (χ1n) is 4.72. The number of hydrogen-bond donors (Lipinski definition) is 2. The zero-order valence-electron chi connectivity index (χ0n) is 8.10. The molecule has 3 heterocycles. The summed E-state index contributed by atoms with van der Waals surface area (Å²) in [5.74, 6) is -0.981. The number of amides is 2. The van der Waals surface area contributed by atoms with Crippen molar-refractivity contribution in [1.29, 1.82) is 0 Å². The Labute approximate surface area is 89.6 Å². The van der Waals surface area contributed by atoms with E-state index in [2.05, 4.69) is 20.9 Å². The molecule has 84 valence electrons. The maximum absolute atomic E-state index is 11.9. The first-order chi connectivity index (χ1) is 7.67. The summed E-state index contributed by atoms with van der Waals surface area (Å²) in [6.07, 6.45) is 3.23. The normalized spacial score (nSPS) is 39.8. The number of carbonyl (C=O) groups is 2. The number of oxime groups is 2. The molecule has 3 aliphatic heterocycles. The Kier molecular flexibility index (Phi) is 1.55. The van der Waals surface area contributed by atoms with Gasteiger partial charge in [-0.2, -0.15) is 0 Å². The van der Waals surface area contributed by atoms with Crippen molar-refractivity contribution in [3.05, 3.63) is 0 Å². The molecule has 16 heavy (non-hydrogen) atoms. The molecule has 0 unspecified atom stereocenters. The van der Waals surface area contributed by atoms with E-state index in [0.717, 1.165) is 0 Å². The fraction of sp³-hybridized carbons (Fsp3) is 0.500. The predicted octanol–water partition coefficient (Wildman–Crippen LogP) is -1.56. The number of piperazine rings is 1. The SMILES string of the molecule is O=C1N[C@@]2(CC=NO2)C(=O)N[C@@]12CC=NO2. The first kappa shape index (κ1) is 9.13. The highest BCUT2D eigenvalue weighted by molar-refractivity contribution is 6.03. The van der Waals surface area contributed by atoms with Gasteiger partial charge in [-0.1, -0.05) is 10.3 Å². The Morgan fingerprint density at radius 1 is 1.00 bits per heavy atom. The second kappa shape index (κ2) is 2.71. The molecule has 8 heteroatoms. The summed E-state index contributed by atoms with van der Waals surface area (Å²) in [7, 11) is 0. The molecule has 0 radical (unpaired) electrons. The van der Waals surface area contributed by atoms with Crippen molar-refractivity contribution in [3.63, 3.8) is 0 Å². The summed E-state index contributed by atoms with van der Waals surface area (Å²) in [5, 5.41) is 11.9. The van der Waals surface area contributed by atoms with Gasteiger partial charge in [0.15, 0.2) is 0 Å². The van der Waals surface area contributed by atoms with E-state index in [-0.39, 0.29) is 12.8 Å². The third-order valence-corrected chi connectivity index (χ3v) is 2.69. The van der Waals surface area contributed by atoms with E-state index in [4.69, 9.17) is 9.68 Å². The second-order valence-corrected chi connectivity index (χ2v) is 3.73. The van der Waals surface area contributed by atoms with Crippen LogP contribution in [-0.4, -0.2) is 35.7 Å². The van der Waals surface area contributed by atoms with Crippen molar-refractivity contribution in [2.45, 2.75) is 24.3 Å². The van der Waals surface area contributed by atoms with Crippen LogP contribution in [0.4, 0.5) is 0 Å². The van der Waals surface area contributed by atoms with Gasteiger partial charge < -0.3 is 20.3 Å². The van der Waals surface area contributed by atoms with Gasteiger partial charge in [0.05, 0.1) is 25.3 Å². The zero-order chi connectivity index (χ0) is 11.2. The van der Waals surface area contributed by atoms with Gasteiger partial charge in [0.25, 0.3) is 23.3 Å². The summed E-state index contributed by atoms with van der Waals surface area (Å²) in [6, 6.07) is 0. The average Bonchev–Trinajstić information content (AvgIpc) is 2.86. The molecule has 2 amide bonds. The summed E-state index contributed by atoms with van der Waals surface area (Å²) in [6.45, 7) is 0. The van der Waals surface area contributed by atoms with E-state index in [1.807, 2.05) is 0 Å². The lowest BCUT2D eigenvalue weighted by Gasteiger charge is -2.38. The van der Waals surface area contributed by atoms with Gasteiger partial charge in [-0.15, -0.1) is 0 Å². The quantitative estimate of drug-likeness (QED) is 0.519. The fourth-order valence-corrected chi connectivity index (χ4v) is 1.76. The Bertz CT molecular complexity index is 374. The second-order valence-electron chi connectivity index (χ2n) is 3.73. The van der Waals surface area contributed by atoms with Crippen molar-refractivity contribution in [2.24, 2.45) is 10.3 Å².